The van der Waals surface area contributed by atoms with E-state index in [4.69, 9.17) is 0 Å². The van der Waals surface area contributed by atoms with Gasteiger partial charge >= 0.3 is 0 Å². The Morgan fingerprint density at radius 3 is 2.35 bits per heavy atom. The number of aryl methyl sites for hydroxylation is 1. The molecule has 0 atom stereocenters. The summed E-state index contributed by atoms with van der Waals surface area (Å²) in [5, 5.41) is 2.92. The van der Waals surface area contributed by atoms with E-state index in [9.17, 15) is 4.79 Å². The highest BCUT2D eigenvalue weighted by Gasteiger charge is 2.10. The molecule has 0 saturated heterocycles. The Morgan fingerprint density at radius 2 is 1.75 bits per heavy atom. The molecule has 2 nitrogen and oxygen atoms in total. The average molecular weight is 285 g/mol. The lowest BCUT2D eigenvalue weighted by Crippen LogP contribution is -2.13. The lowest BCUT2D eigenvalue weighted by molar-refractivity contribution is 0.102. The molecule has 0 aliphatic carbocycles. The molecule has 0 fully saturated rings. The Labute approximate surface area is 125 Å². The molecule has 2 aromatic rings. The van der Waals surface area contributed by atoms with Gasteiger partial charge in [-0.1, -0.05) is 32.0 Å². The predicted octanol–water partition coefficient (Wildman–Crippen LogP) is 4.66. The van der Waals surface area contributed by atoms with Crippen LogP contribution >= 0.6 is 12.6 Å². The molecule has 1 N–H and O–H groups in total. The van der Waals surface area contributed by atoms with Crippen LogP contribution in [0.2, 0.25) is 0 Å². The van der Waals surface area contributed by atoms with Gasteiger partial charge in [0.1, 0.15) is 0 Å². The second-order valence-electron chi connectivity index (χ2n) is 5.23. The van der Waals surface area contributed by atoms with Gasteiger partial charge in [0.15, 0.2) is 0 Å². The highest BCUT2D eigenvalue weighted by atomic mass is 32.1. The van der Waals surface area contributed by atoms with Crippen molar-refractivity contribution in [3.63, 3.8) is 0 Å². The summed E-state index contributed by atoms with van der Waals surface area (Å²) in [6, 6.07) is 13.5. The number of rotatable bonds is 3. The third-order valence-electron chi connectivity index (χ3n) is 3.30. The quantitative estimate of drug-likeness (QED) is 0.789. The largest absolute Gasteiger partial charge is 0.322 e. The molecule has 0 unspecified atom stereocenters. The number of carbonyl (C=O) groups excluding carboxylic acids is 1. The zero-order chi connectivity index (χ0) is 14.7. The fraction of sp³-hybridized carbons (Fsp3) is 0.235. The van der Waals surface area contributed by atoms with Crippen molar-refractivity contribution in [3.05, 3.63) is 59.2 Å². The van der Waals surface area contributed by atoms with E-state index in [1.54, 1.807) is 6.07 Å². The Bertz CT molecular complexity index is 617. The number of benzene rings is 2. The third kappa shape index (κ3) is 3.42. The molecule has 104 valence electrons. The van der Waals surface area contributed by atoms with Gasteiger partial charge < -0.3 is 5.32 Å². The molecule has 0 radical (unpaired) electrons. The minimum atomic E-state index is -0.101. The maximum atomic E-state index is 12.3. The van der Waals surface area contributed by atoms with Crippen LogP contribution in [0.5, 0.6) is 0 Å². The zero-order valence-electron chi connectivity index (χ0n) is 12.0. The fourth-order valence-corrected chi connectivity index (χ4v) is 2.21. The minimum absolute atomic E-state index is 0.101. The standard InChI is InChI=1S/C17H19NOS/c1-11(2)13-5-7-14(8-6-13)18-17(19)16-10-15(20)9-4-12(16)3/h4-11,20H,1-3H3,(H,18,19). The van der Waals surface area contributed by atoms with E-state index in [-0.39, 0.29) is 5.91 Å². The van der Waals surface area contributed by atoms with E-state index >= 15 is 0 Å². The van der Waals surface area contributed by atoms with Gasteiger partial charge in [0.05, 0.1) is 0 Å². The summed E-state index contributed by atoms with van der Waals surface area (Å²) >= 11 is 4.28. The summed E-state index contributed by atoms with van der Waals surface area (Å²) in [6.45, 7) is 6.22. The number of nitrogens with one attached hydrogen (secondary N) is 1. The van der Waals surface area contributed by atoms with Crippen LogP contribution in [0.3, 0.4) is 0 Å². The van der Waals surface area contributed by atoms with Crippen molar-refractivity contribution in [2.24, 2.45) is 0 Å². The smallest absolute Gasteiger partial charge is 0.255 e. The molecule has 0 heterocycles. The van der Waals surface area contributed by atoms with Crippen LogP contribution in [0, 0.1) is 6.92 Å². The third-order valence-corrected chi connectivity index (χ3v) is 3.58. The number of hydrogen-bond acceptors (Lipinski definition) is 2. The van der Waals surface area contributed by atoms with Gasteiger partial charge in [-0.15, -0.1) is 12.6 Å². The van der Waals surface area contributed by atoms with Crippen molar-refractivity contribution in [2.45, 2.75) is 31.6 Å². The van der Waals surface area contributed by atoms with Crippen molar-refractivity contribution in [3.8, 4) is 0 Å². The Hall–Kier alpha value is -1.74. The fourth-order valence-electron chi connectivity index (χ4n) is 2.00. The van der Waals surface area contributed by atoms with Crippen LogP contribution < -0.4 is 5.32 Å². The van der Waals surface area contributed by atoms with E-state index in [1.807, 2.05) is 43.3 Å². The molecule has 2 aromatic carbocycles. The molecule has 2 rings (SSSR count). The molecule has 0 aliphatic heterocycles. The Balaban J connectivity index is 2.17. The second kappa shape index (κ2) is 6.14. The van der Waals surface area contributed by atoms with Gasteiger partial charge in [0, 0.05) is 16.1 Å². The summed E-state index contributed by atoms with van der Waals surface area (Å²) in [5.41, 5.74) is 3.67. The summed E-state index contributed by atoms with van der Waals surface area (Å²) in [5.74, 6) is 0.388. The van der Waals surface area contributed by atoms with E-state index in [0.29, 0.717) is 11.5 Å². The number of amides is 1. The average Bonchev–Trinajstić information content (AvgIpc) is 2.42. The van der Waals surface area contributed by atoms with Crippen molar-refractivity contribution < 1.29 is 4.79 Å². The summed E-state index contributed by atoms with van der Waals surface area (Å²) < 4.78 is 0. The molecule has 1 amide bonds. The Kier molecular flexibility index (Phi) is 4.50. The summed E-state index contributed by atoms with van der Waals surface area (Å²) in [6.07, 6.45) is 0. The van der Waals surface area contributed by atoms with Crippen molar-refractivity contribution in [2.75, 3.05) is 5.32 Å². The van der Waals surface area contributed by atoms with Crippen molar-refractivity contribution >= 4 is 24.2 Å². The zero-order valence-corrected chi connectivity index (χ0v) is 12.9. The first-order chi connectivity index (χ1) is 9.47. The first-order valence-electron chi connectivity index (χ1n) is 6.68. The van der Waals surface area contributed by atoms with Crippen molar-refractivity contribution in [1.82, 2.24) is 0 Å². The van der Waals surface area contributed by atoms with Crippen LogP contribution in [0.25, 0.3) is 0 Å². The molecular formula is C17H19NOS. The van der Waals surface area contributed by atoms with E-state index in [1.165, 1.54) is 5.56 Å². The maximum absolute atomic E-state index is 12.3. The first-order valence-corrected chi connectivity index (χ1v) is 7.13. The van der Waals surface area contributed by atoms with Gasteiger partial charge in [0.2, 0.25) is 0 Å². The number of hydrogen-bond donors (Lipinski definition) is 2. The molecule has 0 saturated carbocycles. The number of carbonyl (C=O) groups is 1. The van der Waals surface area contributed by atoms with Gasteiger partial charge in [0.25, 0.3) is 5.91 Å². The van der Waals surface area contributed by atoms with Crippen LogP contribution in [-0.2, 0) is 0 Å². The molecule has 3 heteroatoms. The van der Waals surface area contributed by atoms with Gasteiger partial charge in [-0.2, -0.15) is 0 Å². The van der Waals surface area contributed by atoms with Crippen LogP contribution in [0.15, 0.2) is 47.4 Å². The molecular weight excluding hydrogens is 266 g/mol. The van der Waals surface area contributed by atoms with Gasteiger partial charge in [-0.05, 0) is 48.2 Å². The highest BCUT2D eigenvalue weighted by molar-refractivity contribution is 7.80. The molecule has 0 bridgehead atoms. The Morgan fingerprint density at radius 1 is 1.10 bits per heavy atom. The lowest BCUT2D eigenvalue weighted by atomic mass is 10.0. The number of anilines is 1. The van der Waals surface area contributed by atoms with Crippen LogP contribution in [0.4, 0.5) is 5.69 Å². The second-order valence-corrected chi connectivity index (χ2v) is 5.75. The highest BCUT2D eigenvalue weighted by Crippen LogP contribution is 2.19. The SMILES string of the molecule is Cc1ccc(S)cc1C(=O)Nc1ccc(C(C)C)cc1. The van der Waals surface area contributed by atoms with Gasteiger partial charge in [-0.3, -0.25) is 4.79 Å². The lowest BCUT2D eigenvalue weighted by Gasteiger charge is -2.10. The molecule has 0 aromatic heterocycles. The number of thiol groups is 1. The summed E-state index contributed by atoms with van der Waals surface area (Å²) in [4.78, 5) is 13.0. The molecule has 0 spiro atoms. The molecule has 0 aliphatic rings. The van der Waals surface area contributed by atoms with Crippen LogP contribution in [-0.4, -0.2) is 5.91 Å². The minimum Gasteiger partial charge on any atom is -0.322 e. The summed E-state index contributed by atoms with van der Waals surface area (Å²) in [7, 11) is 0. The predicted molar refractivity (Wildman–Crippen MR) is 86.9 cm³/mol. The van der Waals surface area contributed by atoms with Gasteiger partial charge in [-0.25, -0.2) is 0 Å². The topological polar surface area (TPSA) is 29.1 Å². The normalized spacial score (nSPS) is 10.7. The monoisotopic (exact) mass is 285 g/mol. The van der Waals surface area contributed by atoms with E-state index in [2.05, 4.69) is 31.8 Å². The van der Waals surface area contributed by atoms with E-state index in [0.717, 1.165) is 16.1 Å². The van der Waals surface area contributed by atoms with Crippen LogP contribution in [0.1, 0.15) is 41.3 Å². The van der Waals surface area contributed by atoms with E-state index < -0.39 is 0 Å². The molecule has 20 heavy (non-hydrogen) atoms. The van der Waals surface area contributed by atoms with Crippen molar-refractivity contribution in [1.29, 1.82) is 0 Å². The maximum Gasteiger partial charge on any atom is 0.255 e. The first kappa shape index (κ1) is 14.7.